The summed E-state index contributed by atoms with van der Waals surface area (Å²) in [6.07, 6.45) is 4.76. The number of benzene rings is 1. The highest BCUT2D eigenvalue weighted by atomic mass is 35.5. The molecule has 0 atom stereocenters. The van der Waals surface area contributed by atoms with Crippen LogP contribution in [0.15, 0.2) is 30.3 Å². The van der Waals surface area contributed by atoms with Crippen LogP contribution in [-0.2, 0) is 0 Å². The summed E-state index contributed by atoms with van der Waals surface area (Å²) in [5.41, 5.74) is 0.230. The fraction of sp³-hybridized carbons (Fsp3) is 0.571. The van der Waals surface area contributed by atoms with E-state index in [9.17, 15) is 0 Å². The van der Waals surface area contributed by atoms with Crippen LogP contribution in [0.4, 0.5) is 0 Å². The average molecular weight is 254 g/mol. The smallest absolute Gasteiger partial charge is 0.119 e. The minimum Gasteiger partial charge on any atom is -0.494 e. The van der Waals surface area contributed by atoms with Gasteiger partial charge in [0.05, 0.1) is 6.61 Å². The van der Waals surface area contributed by atoms with Gasteiger partial charge in [0.15, 0.2) is 0 Å². The second-order valence-electron chi connectivity index (χ2n) is 4.71. The molecule has 2 nitrogen and oxygen atoms in total. The number of para-hydroxylation sites is 1. The van der Waals surface area contributed by atoms with Crippen molar-refractivity contribution in [3.8, 4) is 5.75 Å². The lowest BCUT2D eigenvalue weighted by atomic mass is 9.78. The highest BCUT2D eigenvalue weighted by molar-refractivity contribution is 6.18. The number of hydrogen-bond donors (Lipinski definition) is 1. The Bertz CT molecular complexity index is 319. The largest absolute Gasteiger partial charge is 0.494 e. The van der Waals surface area contributed by atoms with Crippen LogP contribution >= 0.6 is 11.6 Å². The topological polar surface area (TPSA) is 21.3 Å². The van der Waals surface area contributed by atoms with Crippen molar-refractivity contribution in [2.75, 3.05) is 19.0 Å². The third-order valence-electron chi connectivity index (χ3n) is 3.40. The molecule has 1 saturated carbocycles. The summed E-state index contributed by atoms with van der Waals surface area (Å²) < 4.78 is 5.63. The van der Waals surface area contributed by atoms with E-state index in [4.69, 9.17) is 16.3 Å². The zero-order valence-electron chi connectivity index (χ0n) is 10.1. The predicted octanol–water partition coefficient (Wildman–Crippen LogP) is 3.21. The Kier molecular flexibility index (Phi) is 4.69. The van der Waals surface area contributed by atoms with Crippen molar-refractivity contribution < 1.29 is 4.74 Å². The van der Waals surface area contributed by atoms with Gasteiger partial charge < -0.3 is 10.1 Å². The molecule has 0 saturated heterocycles. The van der Waals surface area contributed by atoms with Gasteiger partial charge in [0.2, 0.25) is 0 Å². The van der Waals surface area contributed by atoms with E-state index >= 15 is 0 Å². The molecule has 1 aliphatic rings. The molecule has 0 aliphatic heterocycles. The van der Waals surface area contributed by atoms with Gasteiger partial charge in [-0.05, 0) is 44.4 Å². The number of ether oxygens (including phenoxy) is 1. The summed E-state index contributed by atoms with van der Waals surface area (Å²) >= 11 is 5.98. The molecule has 0 unspecified atom stereocenters. The molecule has 94 valence electrons. The van der Waals surface area contributed by atoms with Crippen LogP contribution in [-0.4, -0.2) is 24.6 Å². The summed E-state index contributed by atoms with van der Waals surface area (Å²) in [5, 5.41) is 3.56. The molecular formula is C14H20ClNO. The van der Waals surface area contributed by atoms with Crippen molar-refractivity contribution >= 4 is 11.6 Å². The predicted molar refractivity (Wildman–Crippen MR) is 71.9 cm³/mol. The Hall–Kier alpha value is -0.730. The van der Waals surface area contributed by atoms with Crippen LogP contribution in [0.25, 0.3) is 0 Å². The van der Waals surface area contributed by atoms with Crippen LogP contribution in [0.1, 0.15) is 25.7 Å². The summed E-state index contributed by atoms with van der Waals surface area (Å²) in [4.78, 5) is 0. The van der Waals surface area contributed by atoms with Gasteiger partial charge in [-0.1, -0.05) is 18.2 Å². The second-order valence-corrected chi connectivity index (χ2v) is 4.98. The molecule has 0 bridgehead atoms. The Labute approximate surface area is 108 Å². The lowest BCUT2D eigenvalue weighted by Crippen LogP contribution is -2.53. The monoisotopic (exact) mass is 253 g/mol. The molecule has 17 heavy (non-hydrogen) atoms. The molecular weight excluding hydrogens is 234 g/mol. The molecule has 0 amide bonds. The van der Waals surface area contributed by atoms with Gasteiger partial charge in [-0.3, -0.25) is 0 Å². The Morgan fingerprint density at radius 2 is 2.00 bits per heavy atom. The number of hydrogen-bond acceptors (Lipinski definition) is 2. The van der Waals surface area contributed by atoms with E-state index < -0.39 is 0 Å². The first kappa shape index (κ1) is 12.7. The van der Waals surface area contributed by atoms with Gasteiger partial charge in [-0.2, -0.15) is 0 Å². The molecule has 0 radical (unpaired) electrons. The van der Waals surface area contributed by atoms with Crippen LogP contribution in [0.3, 0.4) is 0 Å². The maximum Gasteiger partial charge on any atom is 0.119 e. The average Bonchev–Trinajstić information content (AvgIpc) is 2.33. The molecule has 0 spiro atoms. The van der Waals surface area contributed by atoms with Gasteiger partial charge in [-0.25, -0.2) is 0 Å². The highest BCUT2D eigenvalue weighted by Gasteiger charge is 2.34. The molecule has 1 aromatic carbocycles. The summed E-state index contributed by atoms with van der Waals surface area (Å²) in [5.74, 6) is 1.68. The second kappa shape index (κ2) is 6.27. The van der Waals surface area contributed by atoms with Gasteiger partial charge in [0.25, 0.3) is 0 Å². The SMILES string of the molecule is ClCC1(NCCCOc2ccccc2)CCC1. The van der Waals surface area contributed by atoms with Crippen molar-refractivity contribution in [2.45, 2.75) is 31.2 Å². The third kappa shape index (κ3) is 3.62. The minimum absolute atomic E-state index is 0.230. The molecule has 1 fully saturated rings. The third-order valence-corrected chi connectivity index (χ3v) is 3.91. The standard InChI is InChI=1S/C14H20ClNO/c15-12-14(8-4-9-14)16-10-5-11-17-13-6-2-1-3-7-13/h1-3,6-7,16H,4-5,8-12H2. The van der Waals surface area contributed by atoms with E-state index in [1.54, 1.807) is 0 Å². The molecule has 3 heteroatoms. The van der Waals surface area contributed by atoms with Crippen LogP contribution in [0, 0.1) is 0 Å². The first-order valence-corrected chi connectivity index (χ1v) is 6.87. The van der Waals surface area contributed by atoms with Crippen molar-refractivity contribution in [3.63, 3.8) is 0 Å². The number of nitrogens with one attached hydrogen (secondary N) is 1. The number of alkyl halides is 1. The van der Waals surface area contributed by atoms with E-state index in [1.807, 2.05) is 30.3 Å². The Morgan fingerprint density at radius 3 is 2.59 bits per heavy atom. The molecule has 0 heterocycles. The van der Waals surface area contributed by atoms with E-state index in [2.05, 4.69) is 5.32 Å². The van der Waals surface area contributed by atoms with Gasteiger partial charge in [0, 0.05) is 11.4 Å². The van der Waals surface area contributed by atoms with Crippen molar-refractivity contribution in [3.05, 3.63) is 30.3 Å². The maximum absolute atomic E-state index is 5.98. The summed E-state index contributed by atoms with van der Waals surface area (Å²) in [7, 11) is 0. The van der Waals surface area contributed by atoms with Crippen molar-refractivity contribution in [2.24, 2.45) is 0 Å². The van der Waals surface area contributed by atoms with Gasteiger partial charge in [-0.15, -0.1) is 11.6 Å². The lowest BCUT2D eigenvalue weighted by molar-refractivity contribution is 0.205. The summed E-state index contributed by atoms with van der Waals surface area (Å²) in [6.45, 7) is 1.74. The van der Waals surface area contributed by atoms with E-state index in [1.165, 1.54) is 19.3 Å². The number of halogens is 1. The van der Waals surface area contributed by atoms with Crippen molar-refractivity contribution in [1.82, 2.24) is 5.32 Å². The Balaban J connectivity index is 1.58. The van der Waals surface area contributed by atoms with E-state index in [-0.39, 0.29) is 5.54 Å². The van der Waals surface area contributed by atoms with Crippen molar-refractivity contribution in [1.29, 1.82) is 0 Å². The highest BCUT2D eigenvalue weighted by Crippen LogP contribution is 2.32. The maximum atomic E-state index is 5.98. The molecule has 0 aromatic heterocycles. The van der Waals surface area contributed by atoms with Gasteiger partial charge in [0.1, 0.15) is 5.75 Å². The van der Waals surface area contributed by atoms with E-state index in [0.29, 0.717) is 0 Å². The first-order chi connectivity index (χ1) is 8.35. The van der Waals surface area contributed by atoms with Gasteiger partial charge >= 0.3 is 0 Å². The first-order valence-electron chi connectivity index (χ1n) is 6.33. The van der Waals surface area contributed by atoms with Crippen LogP contribution in [0.5, 0.6) is 5.75 Å². The number of rotatable bonds is 7. The molecule has 1 aliphatic carbocycles. The quantitative estimate of drug-likeness (QED) is 0.595. The molecule has 2 rings (SSSR count). The lowest BCUT2D eigenvalue weighted by Gasteiger charge is -2.41. The fourth-order valence-corrected chi connectivity index (χ4v) is 2.46. The molecule has 1 N–H and O–H groups in total. The van der Waals surface area contributed by atoms with Crippen LogP contribution in [0.2, 0.25) is 0 Å². The zero-order chi connectivity index (χ0) is 12.0. The zero-order valence-corrected chi connectivity index (χ0v) is 10.9. The fourth-order valence-electron chi connectivity index (χ4n) is 2.09. The van der Waals surface area contributed by atoms with Crippen LogP contribution < -0.4 is 10.1 Å². The minimum atomic E-state index is 0.230. The normalized spacial score (nSPS) is 17.5. The Morgan fingerprint density at radius 1 is 1.24 bits per heavy atom. The van der Waals surface area contributed by atoms with E-state index in [0.717, 1.165) is 31.2 Å². The summed E-state index contributed by atoms with van der Waals surface area (Å²) in [6, 6.07) is 9.95. The molecule has 1 aromatic rings.